The molecule has 0 unspecified atom stereocenters. The lowest BCUT2D eigenvalue weighted by Crippen LogP contribution is -2.56. The molecular formula is C13H19NO. The molecule has 1 aromatic rings. The van der Waals surface area contributed by atoms with Crippen LogP contribution in [0.5, 0.6) is 0 Å². The second-order valence-corrected chi connectivity index (χ2v) is 4.35. The van der Waals surface area contributed by atoms with Gasteiger partial charge < -0.3 is 10.1 Å². The predicted molar refractivity (Wildman–Crippen MR) is 62.1 cm³/mol. The summed E-state index contributed by atoms with van der Waals surface area (Å²) < 4.78 is 5.12. The van der Waals surface area contributed by atoms with E-state index in [0.29, 0.717) is 5.41 Å². The van der Waals surface area contributed by atoms with E-state index in [1.54, 1.807) is 7.11 Å². The zero-order valence-electron chi connectivity index (χ0n) is 9.33. The van der Waals surface area contributed by atoms with Crippen molar-refractivity contribution >= 4 is 0 Å². The molecule has 1 fully saturated rings. The summed E-state index contributed by atoms with van der Waals surface area (Å²) >= 11 is 0. The fraction of sp³-hybridized carbons (Fsp3) is 0.538. The van der Waals surface area contributed by atoms with Crippen molar-refractivity contribution in [2.24, 2.45) is 0 Å². The summed E-state index contributed by atoms with van der Waals surface area (Å²) in [5.74, 6) is 0. The Balaban J connectivity index is 2.02. The van der Waals surface area contributed by atoms with Gasteiger partial charge in [0.25, 0.3) is 0 Å². The van der Waals surface area contributed by atoms with Crippen LogP contribution >= 0.6 is 0 Å². The molecule has 2 heteroatoms. The summed E-state index contributed by atoms with van der Waals surface area (Å²) in [6.07, 6.45) is 2.37. The number of rotatable bonds is 5. The van der Waals surface area contributed by atoms with Crippen molar-refractivity contribution in [3.05, 3.63) is 35.9 Å². The first-order valence-electron chi connectivity index (χ1n) is 5.63. The maximum atomic E-state index is 5.12. The van der Waals surface area contributed by atoms with Gasteiger partial charge in [0.1, 0.15) is 0 Å². The van der Waals surface area contributed by atoms with E-state index in [9.17, 15) is 0 Å². The molecule has 0 radical (unpaired) electrons. The minimum Gasteiger partial charge on any atom is -0.385 e. The van der Waals surface area contributed by atoms with Crippen LogP contribution in [-0.4, -0.2) is 26.8 Å². The van der Waals surface area contributed by atoms with Crippen LogP contribution in [0.3, 0.4) is 0 Å². The van der Waals surface area contributed by atoms with Gasteiger partial charge in [-0.15, -0.1) is 0 Å². The maximum Gasteiger partial charge on any atom is 0.0462 e. The highest BCUT2D eigenvalue weighted by Crippen LogP contribution is 2.33. The van der Waals surface area contributed by atoms with E-state index in [1.807, 2.05) is 0 Å². The molecule has 0 spiro atoms. The summed E-state index contributed by atoms with van der Waals surface area (Å²) in [6.45, 7) is 3.09. The van der Waals surface area contributed by atoms with Crippen LogP contribution in [0.25, 0.3) is 0 Å². The number of benzene rings is 1. The molecule has 2 rings (SSSR count). The molecule has 1 aromatic carbocycles. The summed E-state index contributed by atoms with van der Waals surface area (Å²) in [4.78, 5) is 0. The van der Waals surface area contributed by atoms with E-state index < -0.39 is 0 Å². The van der Waals surface area contributed by atoms with E-state index in [4.69, 9.17) is 4.74 Å². The van der Waals surface area contributed by atoms with Gasteiger partial charge in [-0.25, -0.2) is 0 Å². The fourth-order valence-electron chi connectivity index (χ4n) is 2.30. The van der Waals surface area contributed by atoms with E-state index >= 15 is 0 Å². The number of hydrogen-bond donors (Lipinski definition) is 1. The minimum atomic E-state index is 0.375. The molecule has 1 N–H and O–H groups in total. The third-order valence-corrected chi connectivity index (χ3v) is 3.32. The van der Waals surface area contributed by atoms with Gasteiger partial charge in [-0.1, -0.05) is 30.3 Å². The van der Waals surface area contributed by atoms with Crippen LogP contribution < -0.4 is 5.32 Å². The molecule has 1 saturated heterocycles. The third-order valence-electron chi connectivity index (χ3n) is 3.32. The van der Waals surface area contributed by atoms with Gasteiger partial charge in [-0.05, 0) is 18.4 Å². The average molecular weight is 205 g/mol. The number of nitrogens with one attached hydrogen (secondary N) is 1. The zero-order chi connectivity index (χ0) is 10.6. The quantitative estimate of drug-likeness (QED) is 0.742. The lowest BCUT2D eigenvalue weighted by molar-refractivity contribution is 0.168. The van der Waals surface area contributed by atoms with E-state index in [-0.39, 0.29) is 0 Å². The molecule has 2 nitrogen and oxygen atoms in total. The molecule has 0 bridgehead atoms. The van der Waals surface area contributed by atoms with Crippen molar-refractivity contribution in [3.8, 4) is 0 Å². The van der Waals surface area contributed by atoms with Crippen molar-refractivity contribution in [3.63, 3.8) is 0 Å². The van der Waals surface area contributed by atoms with Crippen LogP contribution in [0.15, 0.2) is 30.3 Å². The van der Waals surface area contributed by atoms with Gasteiger partial charge in [0.15, 0.2) is 0 Å². The predicted octanol–water partition coefficient (Wildman–Crippen LogP) is 1.95. The number of ether oxygens (including phenoxy) is 1. The van der Waals surface area contributed by atoms with Crippen LogP contribution in [0.2, 0.25) is 0 Å². The first-order valence-corrected chi connectivity index (χ1v) is 5.63. The zero-order valence-corrected chi connectivity index (χ0v) is 9.33. The maximum absolute atomic E-state index is 5.12. The topological polar surface area (TPSA) is 21.3 Å². The first kappa shape index (κ1) is 10.7. The Bertz CT molecular complexity index is 293. The second-order valence-electron chi connectivity index (χ2n) is 4.35. The second kappa shape index (κ2) is 4.77. The molecule has 1 heterocycles. The monoisotopic (exact) mass is 205 g/mol. The molecule has 0 aromatic heterocycles. The van der Waals surface area contributed by atoms with Crippen LogP contribution in [0.1, 0.15) is 18.4 Å². The molecule has 15 heavy (non-hydrogen) atoms. The normalized spacial score (nSPS) is 18.5. The van der Waals surface area contributed by atoms with Crippen LogP contribution in [-0.2, 0) is 10.2 Å². The Morgan fingerprint density at radius 1 is 1.27 bits per heavy atom. The van der Waals surface area contributed by atoms with E-state index in [0.717, 1.165) is 26.1 Å². The van der Waals surface area contributed by atoms with Crippen molar-refractivity contribution in [2.45, 2.75) is 18.3 Å². The Kier molecular flexibility index (Phi) is 3.39. The van der Waals surface area contributed by atoms with Crippen LogP contribution in [0.4, 0.5) is 0 Å². The minimum absolute atomic E-state index is 0.375. The number of methoxy groups -OCH3 is 1. The summed E-state index contributed by atoms with van der Waals surface area (Å²) in [5, 5.41) is 3.39. The van der Waals surface area contributed by atoms with Gasteiger partial charge in [-0.3, -0.25) is 0 Å². The molecule has 1 aliphatic rings. The Morgan fingerprint density at radius 3 is 2.53 bits per heavy atom. The highest BCUT2D eigenvalue weighted by molar-refractivity contribution is 5.29. The molecule has 0 amide bonds. The largest absolute Gasteiger partial charge is 0.385 e. The van der Waals surface area contributed by atoms with Crippen LogP contribution in [0, 0.1) is 0 Å². The average Bonchev–Trinajstić information content (AvgIpc) is 2.23. The molecule has 0 saturated carbocycles. The standard InChI is InChI=1S/C13H19NO/c1-15-9-5-8-13(10-14-11-13)12-6-3-2-4-7-12/h2-4,6-7,14H,5,8-11H2,1H3. The van der Waals surface area contributed by atoms with Crippen molar-refractivity contribution in [1.82, 2.24) is 5.32 Å². The number of hydrogen-bond acceptors (Lipinski definition) is 2. The summed E-state index contributed by atoms with van der Waals surface area (Å²) in [5.41, 5.74) is 1.85. The molecule has 0 aliphatic carbocycles. The van der Waals surface area contributed by atoms with Crippen molar-refractivity contribution in [1.29, 1.82) is 0 Å². The molecule has 0 atom stereocenters. The van der Waals surface area contributed by atoms with Gasteiger partial charge in [0, 0.05) is 32.2 Å². The van der Waals surface area contributed by atoms with Gasteiger partial charge in [0.2, 0.25) is 0 Å². The van der Waals surface area contributed by atoms with Gasteiger partial charge >= 0.3 is 0 Å². The Labute approximate surface area is 91.6 Å². The van der Waals surface area contributed by atoms with Crippen molar-refractivity contribution < 1.29 is 4.74 Å². The van der Waals surface area contributed by atoms with Gasteiger partial charge in [0.05, 0.1) is 0 Å². The van der Waals surface area contributed by atoms with E-state index in [1.165, 1.54) is 12.0 Å². The van der Waals surface area contributed by atoms with Crippen molar-refractivity contribution in [2.75, 3.05) is 26.8 Å². The fourth-order valence-corrected chi connectivity index (χ4v) is 2.30. The lowest BCUT2D eigenvalue weighted by Gasteiger charge is -2.43. The highest BCUT2D eigenvalue weighted by Gasteiger charge is 2.37. The lowest BCUT2D eigenvalue weighted by atomic mass is 9.72. The molecule has 1 aliphatic heterocycles. The Morgan fingerprint density at radius 2 is 2.00 bits per heavy atom. The van der Waals surface area contributed by atoms with Gasteiger partial charge in [-0.2, -0.15) is 0 Å². The summed E-state index contributed by atoms with van der Waals surface area (Å²) in [6, 6.07) is 10.8. The molecular weight excluding hydrogens is 186 g/mol. The highest BCUT2D eigenvalue weighted by atomic mass is 16.5. The Hall–Kier alpha value is -0.860. The smallest absolute Gasteiger partial charge is 0.0462 e. The third kappa shape index (κ3) is 2.21. The molecule has 82 valence electrons. The first-order chi connectivity index (χ1) is 7.37. The SMILES string of the molecule is COCCCC1(c2ccccc2)CNC1. The summed E-state index contributed by atoms with van der Waals surface area (Å²) in [7, 11) is 1.77. The van der Waals surface area contributed by atoms with E-state index in [2.05, 4.69) is 35.6 Å².